The van der Waals surface area contributed by atoms with Crippen molar-refractivity contribution in [3.63, 3.8) is 0 Å². The smallest absolute Gasteiger partial charge is 0.310 e. The van der Waals surface area contributed by atoms with Gasteiger partial charge >= 0.3 is 5.97 Å². The molecule has 1 aromatic heterocycles. The van der Waals surface area contributed by atoms with Crippen LogP contribution in [0, 0.1) is 25.2 Å². The summed E-state index contributed by atoms with van der Waals surface area (Å²) in [6.45, 7) is 6.34. The van der Waals surface area contributed by atoms with E-state index in [1.54, 1.807) is 25.1 Å². The van der Waals surface area contributed by atoms with Crippen molar-refractivity contribution in [2.45, 2.75) is 33.8 Å². The molecule has 1 heterocycles. The first kappa shape index (κ1) is 18.5. The van der Waals surface area contributed by atoms with Crippen LogP contribution in [0.2, 0.25) is 0 Å². The number of nitriles is 1. The number of aryl methyl sites for hydroxylation is 2. The number of furan rings is 1. The molecule has 138 valence electrons. The summed E-state index contributed by atoms with van der Waals surface area (Å²) in [4.78, 5) is 11.8. The third-order valence-electron chi connectivity index (χ3n) is 4.22. The number of hydrogen-bond acceptors (Lipinski definition) is 5. The van der Waals surface area contributed by atoms with Crippen LogP contribution in [0.1, 0.15) is 34.9 Å². The van der Waals surface area contributed by atoms with Crippen LogP contribution in [0.15, 0.2) is 40.8 Å². The average Bonchev–Trinajstić information content (AvgIpc) is 3.02. The number of ether oxygens (including phenoxy) is 2. The van der Waals surface area contributed by atoms with E-state index >= 15 is 0 Å². The van der Waals surface area contributed by atoms with Gasteiger partial charge in [0.1, 0.15) is 23.7 Å². The number of hydrogen-bond donors (Lipinski definition) is 0. The number of rotatable bonds is 6. The van der Waals surface area contributed by atoms with E-state index in [1.165, 1.54) is 0 Å². The van der Waals surface area contributed by atoms with E-state index in [2.05, 4.69) is 6.07 Å². The standard InChI is InChI=1S/C22H21NO4/c1-4-25-21(24)11-18-6-5-16(12-23)10-20(18)26-13-17-7-14(2)22-19(9-17)8-15(3)27-22/h5-10H,4,11,13H2,1-3H3. The lowest BCUT2D eigenvalue weighted by Crippen LogP contribution is -2.09. The van der Waals surface area contributed by atoms with Crippen LogP contribution in [-0.2, 0) is 22.6 Å². The highest BCUT2D eigenvalue weighted by atomic mass is 16.5. The van der Waals surface area contributed by atoms with Gasteiger partial charge in [-0.25, -0.2) is 0 Å². The molecule has 0 spiro atoms. The molecule has 3 rings (SSSR count). The second kappa shape index (κ2) is 7.96. The molecule has 27 heavy (non-hydrogen) atoms. The lowest BCUT2D eigenvalue weighted by Gasteiger charge is -2.12. The van der Waals surface area contributed by atoms with Gasteiger partial charge in [-0.05, 0) is 62.2 Å². The van der Waals surface area contributed by atoms with Crippen molar-refractivity contribution in [2.24, 2.45) is 0 Å². The minimum atomic E-state index is -0.321. The molecule has 0 amide bonds. The van der Waals surface area contributed by atoms with Crippen molar-refractivity contribution in [3.05, 3.63) is 64.4 Å². The zero-order chi connectivity index (χ0) is 19.4. The van der Waals surface area contributed by atoms with Crippen LogP contribution in [0.25, 0.3) is 11.0 Å². The second-order valence-corrected chi connectivity index (χ2v) is 6.39. The summed E-state index contributed by atoms with van der Waals surface area (Å²) in [5.41, 5.74) is 4.09. The minimum Gasteiger partial charge on any atom is -0.489 e. The zero-order valence-electron chi connectivity index (χ0n) is 15.7. The van der Waals surface area contributed by atoms with E-state index in [0.717, 1.165) is 27.9 Å². The predicted molar refractivity (Wildman–Crippen MR) is 102 cm³/mol. The molecule has 0 aliphatic heterocycles. The van der Waals surface area contributed by atoms with E-state index in [4.69, 9.17) is 19.2 Å². The summed E-state index contributed by atoms with van der Waals surface area (Å²) in [7, 11) is 0. The lowest BCUT2D eigenvalue weighted by atomic mass is 10.1. The van der Waals surface area contributed by atoms with Crippen molar-refractivity contribution < 1.29 is 18.7 Å². The normalized spacial score (nSPS) is 10.6. The molecule has 3 aromatic rings. The highest BCUT2D eigenvalue weighted by molar-refractivity contribution is 5.81. The summed E-state index contributed by atoms with van der Waals surface area (Å²) in [5.74, 6) is 1.06. The van der Waals surface area contributed by atoms with Crippen molar-refractivity contribution in [2.75, 3.05) is 6.61 Å². The Morgan fingerprint density at radius 1 is 1.19 bits per heavy atom. The minimum absolute atomic E-state index is 0.105. The summed E-state index contributed by atoms with van der Waals surface area (Å²) < 4.78 is 16.7. The highest BCUT2D eigenvalue weighted by Crippen LogP contribution is 2.26. The molecule has 0 fully saturated rings. The van der Waals surface area contributed by atoms with Crippen molar-refractivity contribution in [1.29, 1.82) is 5.26 Å². The van der Waals surface area contributed by atoms with Gasteiger partial charge in [-0.15, -0.1) is 0 Å². The van der Waals surface area contributed by atoms with E-state index < -0.39 is 0 Å². The van der Waals surface area contributed by atoms with E-state index in [0.29, 0.717) is 30.1 Å². The third-order valence-corrected chi connectivity index (χ3v) is 4.22. The molecule has 2 aromatic carbocycles. The number of benzene rings is 2. The van der Waals surface area contributed by atoms with Gasteiger partial charge in [0.25, 0.3) is 0 Å². The Hall–Kier alpha value is -3.26. The van der Waals surface area contributed by atoms with E-state index in [-0.39, 0.29) is 12.4 Å². The Morgan fingerprint density at radius 3 is 2.74 bits per heavy atom. The van der Waals surface area contributed by atoms with E-state index in [1.807, 2.05) is 32.0 Å². The molecule has 0 radical (unpaired) electrons. The SMILES string of the molecule is CCOC(=O)Cc1ccc(C#N)cc1OCc1cc(C)c2oc(C)cc2c1. The Balaban J connectivity index is 1.84. The van der Waals surface area contributed by atoms with Crippen LogP contribution >= 0.6 is 0 Å². The summed E-state index contributed by atoms with van der Waals surface area (Å²) in [5, 5.41) is 10.2. The van der Waals surface area contributed by atoms with Gasteiger partial charge in [0.05, 0.1) is 24.7 Å². The largest absolute Gasteiger partial charge is 0.489 e. The first-order chi connectivity index (χ1) is 13.0. The fourth-order valence-electron chi connectivity index (χ4n) is 3.05. The van der Waals surface area contributed by atoms with Gasteiger partial charge in [-0.3, -0.25) is 4.79 Å². The maximum atomic E-state index is 11.8. The Labute approximate surface area is 158 Å². The molecular formula is C22H21NO4. The monoisotopic (exact) mass is 363 g/mol. The van der Waals surface area contributed by atoms with Crippen molar-refractivity contribution in [3.8, 4) is 11.8 Å². The Kier molecular flexibility index (Phi) is 5.46. The van der Waals surface area contributed by atoms with Gasteiger partial charge in [0.15, 0.2) is 0 Å². The molecule has 0 unspecified atom stereocenters. The average molecular weight is 363 g/mol. The lowest BCUT2D eigenvalue weighted by molar-refractivity contribution is -0.142. The third kappa shape index (κ3) is 4.29. The summed E-state index contributed by atoms with van der Waals surface area (Å²) >= 11 is 0. The molecular weight excluding hydrogens is 342 g/mol. The zero-order valence-corrected chi connectivity index (χ0v) is 15.7. The maximum absolute atomic E-state index is 11.8. The van der Waals surface area contributed by atoms with Gasteiger partial charge < -0.3 is 13.9 Å². The van der Waals surface area contributed by atoms with E-state index in [9.17, 15) is 4.79 Å². The van der Waals surface area contributed by atoms with Gasteiger partial charge in [-0.1, -0.05) is 6.07 Å². The van der Waals surface area contributed by atoms with Gasteiger partial charge in [0, 0.05) is 10.9 Å². The Bertz CT molecular complexity index is 1030. The summed E-state index contributed by atoms with van der Waals surface area (Å²) in [6, 6.07) is 13.2. The second-order valence-electron chi connectivity index (χ2n) is 6.39. The molecule has 0 bridgehead atoms. The number of carbonyl (C=O) groups excluding carboxylic acids is 1. The van der Waals surface area contributed by atoms with Crippen LogP contribution in [0.4, 0.5) is 0 Å². The quantitative estimate of drug-likeness (QED) is 0.598. The maximum Gasteiger partial charge on any atom is 0.310 e. The highest BCUT2D eigenvalue weighted by Gasteiger charge is 2.12. The molecule has 5 heteroatoms. The van der Waals surface area contributed by atoms with Crippen LogP contribution in [0.5, 0.6) is 5.75 Å². The summed E-state index contributed by atoms with van der Waals surface area (Å²) in [6.07, 6.45) is 0.105. The fourth-order valence-corrected chi connectivity index (χ4v) is 3.05. The molecule has 0 N–H and O–H groups in total. The molecule has 0 saturated heterocycles. The fraction of sp³-hybridized carbons (Fsp3) is 0.273. The Morgan fingerprint density at radius 2 is 2.00 bits per heavy atom. The predicted octanol–water partition coefficient (Wildman–Crippen LogP) is 4.61. The topological polar surface area (TPSA) is 72.5 Å². The van der Waals surface area contributed by atoms with Crippen LogP contribution in [-0.4, -0.2) is 12.6 Å². The molecule has 5 nitrogen and oxygen atoms in total. The number of nitrogens with zero attached hydrogens (tertiary/aromatic N) is 1. The van der Waals surface area contributed by atoms with Gasteiger partial charge in [0.2, 0.25) is 0 Å². The number of fused-ring (bicyclic) bond motifs is 1. The van der Waals surface area contributed by atoms with Crippen molar-refractivity contribution >= 4 is 16.9 Å². The van der Waals surface area contributed by atoms with Crippen LogP contribution in [0.3, 0.4) is 0 Å². The molecule has 0 atom stereocenters. The first-order valence-corrected chi connectivity index (χ1v) is 8.81. The number of carbonyl (C=O) groups is 1. The first-order valence-electron chi connectivity index (χ1n) is 8.81. The van der Waals surface area contributed by atoms with Crippen molar-refractivity contribution in [1.82, 2.24) is 0 Å². The molecule has 0 aliphatic carbocycles. The van der Waals surface area contributed by atoms with Crippen LogP contribution < -0.4 is 4.74 Å². The molecule has 0 saturated carbocycles. The van der Waals surface area contributed by atoms with Gasteiger partial charge in [-0.2, -0.15) is 5.26 Å². The molecule has 0 aliphatic rings. The number of esters is 1.